The first-order chi connectivity index (χ1) is 7.32. The van der Waals surface area contributed by atoms with Crippen molar-refractivity contribution in [3.63, 3.8) is 0 Å². The van der Waals surface area contributed by atoms with E-state index in [1.807, 2.05) is 0 Å². The molecule has 1 rings (SSSR count). The smallest absolute Gasteiger partial charge is 0.303 e. The largest absolute Gasteiger partial charge is 0.481 e. The highest BCUT2D eigenvalue weighted by molar-refractivity contribution is 5.67. The molecule has 0 bridgehead atoms. The number of hydrogen-bond donors (Lipinski definition) is 1. The van der Waals surface area contributed by atoms with E-state index in [4.69, 9.17) is 9.84 Å². The fourth-order valence-electron chi connectivity index (χ4n) is 2.79. The van der Waals surface area contributed by atoms with Crippen molar-refractivity contribution in [2.24, 2.45) is 17.8 Å². The van der Waals surface area contributed by atoms with Crippen molar-refractivity contribution in [2.45, 2.75) is 52.6 Å². The summed E-state index contributed by atoms with van der Waals surface area (Å²) < 4.78 is 5.68. The molecule has 94 valence electrons. The van der Waals surface area contributed by atoms with Crippen LogP contribution in [0.3, 0.4) is 0 Å². The zero-order valence-corrected chi connectivity index (χ0v) is 10.8. The van der Waals surface area contributed by atoms with Crippen molar-refractivity contribution < 1.29 is 14.6 Å². The number of rotatable bonds is 4. The molecule has 0 unspecified atom stereocenters. The highest BCUT2D eigenvalue weighted by Crippen LogP contribution is 2.37. The van der Waals surface area contributed by atoms with Gasteiger partial charge in [-0.05, 0) is 44.4 Å². The van der Waals surface area contributed by atoms with E-state index in [-0.39, 0.29) is 11.5 Å². The minimum Gasteiger partial charge on any atom is -0.481 e. The van der Waals surface area contributed by atoms with Gasteiger partial charge in [0.25, 0.3) is 0 Å². The van der Waals surface area contributed by atoms with Crippen molar-refractivity contribution in [3.8, 4) is 0 Å². The molecule has 1 aliphatic rings. The maximum Gasteiger partial charge on any atom is 0.303 e. The number of hydrogen-bond acceptors (Lipinski definition) is 2. The predicted molar refractivity (Wildman–Crippen MR) is 63.3 cm³/mol. The van der Waals surface area contributed by atoms with E-state index >= 15 is 0 Å². The summed E-state index contributed by atoms with van der Waals surface area (Å²) in [5, 5.41) is 8.96. The van der Waals surface area contributed by atoms with Crippen LogP contribution in [0.2, 0.25) is 0 Å². The molecule has 0 radical (unpaired) electrons. The average Bonchev–Trinajstić information content (AvgIpc) is 2.11. The Morgan fingerprint density at radius 2 is 2.12 bits per heavy atom. The van der Waals surface area contributed by atoms with Gasteiger partial charge in [-0.3, -0.25) is 4.79 Å². The summed E-state index contributed by atoms with van der Waals surface area (Å²) in [6.45, 7) is 9.20. The van der Waals surface area contributed by atoms with Crippen LogP contribution in [0.1, 0.15) is 47.0 Å². The fourth-order valence-corrected chi connectivity index (χ4v) is 2.79. The topological polar surface area (TPSA) is 46.5 Å². The van der Waals surface area contributed by atoms with Crippen molar-refractivity contribution in [1.82, 2.24) is 0 Å². The Morgan fingerprint density at radius 1 is 1.50 bits per heavy atom. The highest BCUT2D eigenvalue weighted by atomic mass is 16.5. The number of carboxylic acids is 1. The Bertz CT molecular complexity index is 246. The van der Waals surface area contributed by atoms with E-state index in [2.05, 4.69) is 27.7 Å². The first-order valence-electron chi connectivity index (χ1n) is 6.17. The molecule has 1 heterocycles. The third kappa shape index (κ3) is 3.78. The monoisotopic (exact) mass is 228 g/mol. The summed E-state index contributed by atoms with van der Waals surface area (Å²) in [6, 6.07) is 0. The Balaban J connectivity index is 2.67. The van der Waals surface area contributed by atoms with Gasteiger partial charge in [0.05, 0.1) is 5.60 Å². The molecule has 0 aromatic heterocycles. The molecule has 0 aliphatic carbocycles. The second kappa shape index (κ2) is 5.17. The zero-order valence-electron chi connectivity index (χ0n) is 10.8. The quantitative estimate of drug-likeness (QED) is 0.804. The maximum absolute atomic E-state index is 10.9. The third-order valence-electron chi connectivity index (χ3n) is 3.61. The van der Waals surface area contributed by atoms with Crippen LogP contribution in [0.4, 0.5) is 0 Å². The van der Waals surface area contributed by atoms with Crippen molar-refractivity contribution in [1.29, 1.82) is 0 Å². The lowest BCUT2D eigenvalue weighted by Gasteiger charge is -2.40. The molecule has 0 spiro atoms. The van der Waals surface area contributed by atoms with Crippen LogP contribution in [0.25, 0.3) is 0 Å². The zero-order chi connectivity index (χ0) is 12.3. The summed E-state index contributed by atoms with van der Waals surface area (Å²) in [6.07, 6.45) is 2.26. The minimum absolute atomic E-state index is 0.0887. The van der Waals surface area contributed by atoms with E-state index < -0.39 is 5.97 Å². The van der Waals surface area contributed by atoms with E-state index in [1.165, 1.54) is 0 Å². The Morgan fingerprint density at radius 3 is 2.56 bits per heavy atom. The number of carbonyl (C=O) groups is 1. The van der Waals surface area contributed by atoms with E-state index in [9.17, 15) is 4.79 Å². The summed E-state index contributed by atoms with van der Waals surface area (Å²) in [5.74, 6) is 0.513. The molecule has 1 saturated heterocycles. The molecule has 0 amide bonds. The van der Waals surface area contributed by atoms with Gasteiger partial charge in [0.1, 0.15) is 0 Å². The van der Waals surface area contributed by atoms with Crippen LogP contribution in [0.15, 0.2) is 0 Å². The Kier molecular flexibility index (Phi) is 4.36. The molecule has 0 aromatic carbocycles. The third-order valence-corrected chi connectivity index (χ3v) is 3.61. The lowest BCUT2D eigenvalue weighted by atomic mass is 9.73. The van der Waals surface area contributed by atoms with Crippen LogP contribution in [-0.4, -0.2) is 23.3 Å². The van der Waals surface area contributed by atoms with Crippen LogP contribution in [-0.2, 0) is 9.53 Å². The van der Waals surface area contributed by atoms with E-state index in [1.54, 1.807) is 0 Å². The molecule has 0 aromatic rings. The van der Waals surface area contributed by atoms with Gasteiger partial charge in [0.15, 0.2) is 0 Å². The van der Waals surface area contributed by atoms with Gasteiger partial charge in [-0.15, -0.1) is 0 Å². The summed E-state index contributed by atoms with van der Waals surface area (Å²) in [4.78, 5) is 10.9. The molecule has 2 atom stereocenters. The summed E-state index contributed by atoms with van der Waals surface area (Å²) in [5.41, 5.74) is -0.0887. The normalized spacial score (nSPS) is 26.7. The molecular weight excluding hydrogens is 204 g/mol. The summed E-state index contributed by atoms with van der Waals surface area (Å²) >= 11 is 0. The molecule has 1 fully saturated rings. The Labute approximate surface area is 98.2 Å². The van der Waals surface area contributed by atoms with Gasteiger partial charge in [-0.1, -0.05) is 13.8 Å². The second-order valence-corrected chi connectivity index (χ2v) is 5.87. The van der Waals surface area contributed by atoms with Crippen LogP contribution in [0, 0.1) is 17.8 Å². The maximum atomic E-state index is 10.9. The van der Waals surface area contributed by atoms with Gasteiger partial charge in [0.2, 0.25) is 0 Å². The van der Waals surface area contributed by atoms with Gasteiger partial charge in [-0.2, -0.15) is 0 Å². The van der Waals surface area contributed by atoms with E-state index in [0.29, 0.717) is 18.3 Å². The van der Waals surface area contributed by atoms with Crippen molar-refractivity contribution >= 4 is 5.97 Å². The van der Waals surface area contributed by atoms with Crippen LogP contribution < -0.4 is 0 Å². The molecule has 1 N–H and O–H groups in total. The first-order valence-corrected chi connectivity index (χ1v) is 6.17. The molecule has 16 heavy (non-hydrogen) atoms. The average molecular weight is 228 g/mol. The SMILES string of the molecule is CC(C)[C@H](CC(=O)O)[C@@H]1CCOC(C)(C)C1. The molecule has 1 aliphatic heterocycles. The Hall–Kier alpha value is -0.570. The number of aliphatic carboxylic acids is 1. The van der Waals surface area contributed by atoms with Crippen LogP contribution in [0.5, 0.6) is 0 Å². The standard InChI is InChI=1S/C13H24O3/c1-9(2)11(7-12(14)15)10-5-6-16-13(3,4)8-10/h9-11H,5-8H2,1-4H3,(H,14,15)/t10-,11+/m1/s1. The second-order valence-electron chi connectivity index (χ2n) is 5.87. The van der Waals surface area contributed by atoms with Gasteiger partial charge in [-0.25, -0.2) is 0 Å². The van der Waals surface area contributed by atoms with Crippen molar-refractivity contribution in [3.05, 3.63) is 0 Å². The van der Waals surface area contributed by atoms with Gasteiger partial charge < -0.3 is 9.84 Å². The van der Waals surface area contributed by atoms with Crippen LogP contribution >= 0.6 is 0 Å². The lowest BCUT2D eigenvalue weighted by molar-refractivity contribution is -0.141. The molecular formula is C13H24O3. The number of carboxylic acid groups (broad SMARTS) is 1. The van der Waals surface area contributed by atoms with Gasteiger partial charge in [0, 0.05) is 13.0 Å². The number of ether oxygens (including phenoxy) is 1. The lowest BCUT2D eigenvalue weighted by Crippen LogP contribution is -2.38. The van der Waals surface area contributed by atoms with Crippen molar-refractivity contribution in [2.75, 3.05) is 6.61 Å². The molecule has 3 nitrogen and oxygen atoms in total. The predicted octanol–water partition coefficient (Wildman–Crippen LogP) is 2.94. The highest BCUT2D eigenvalue weighted by Gasteiger charge is 2.35. The summed E-state index contributed by atoms with van der Waals surface area (Å²) in [7, 11) is 0. The molecule has 0 saturated carbocycles. The molecule has 3 heteroatoms. The van der Waals surface area contributed by atoms with Gasteiger partial charge >= 0.3 is 5.97 Å². The fraction of sp³-hybridized carbons (Fsp3) is 0.923. The first kappa shape index (κ1) is 13.5. The minimum atomic E-state index is -0.678. The van der Waals surface area contributed by atoms with E-state index in [0.717, 1.165) is 19.4 Å².